The van der Waals surface area contributed by atoms with Gasteiger partial charge in [0.05, 0.1) is 12.1 Å². The van der Waals surface area contributed by atoms with Crippen LogP contribution in [-0.4, -0.2) is 33.7 Å². The number of ether oxygens (including phenoxy) is 1. The Kier molecular flexibility index (Phi) is 3.92. The predicted molar refractivity (Wildman–Crippen MR) is 94.6 cm³/mol. The van der Waals surface area contributed by atoms with Crippen LogP contribution in [0.4, 0.5) is 4.79 Å². The van der Waals surface area contributed by atoms with Gasteiger partial charge in [0, 0.05) is 17.0 Å². The SMILES string of the molecule is CC1C=C(c2csc3ncccc23)C(C)N1C(=O)OC(C)(C)C. The molecule has 3 rings (SSSR count). The molecule has 5 heteroatoms. The molecule has 23 heavy (non-hydrogen) atoms. The first-order valence-electron chi connectivity index (χ1n) is 7.83. The van der Waals surface area contributed by atoms with Crippen molar-refractivity contribution in [3.05, 3.63) is 35.3 Å². The van der Waals surface area contributed by atoms with E-state index in [2.05, 4.69) is 29.4 Å². The summed E-state index contributed by atoms with van der Waals surface area (Å²) < 4.78 is 5.56. The minimum Gasteiger partial charge on any atom is -0.444 e. The fraction of sp³-hybridized carbons (Fsp3) is 0.444. The second-order valence-electron chi connectivity index (χ2n) is 6.93. The van der Waals surface area contributed by atoms with E-state index in [9.17, 15) is 4.79 Å². The number of nitrogens with zero attached hydrogens (tertiary/aromatic N) is 2. The van der Waals surface area contributed by atoms with Crippen molar-refractivity contribution in [1.82, 2.24) is 9.88 Å². The number of amides is 1. The van der Waals surface area contributed by atoms with E-state index in [0.29, 0.717) is 0 Å². The molecule has 0 radical (unpaired) electrons. The summed E-state index contributed by atoms with van der Waals surface area (Å²) in [5, 5.41) is 3.28. The molecule has 0 saturated carbocycles. The van der Waals surface area contributed by atoms with Gasteiger partial charge in [-0.05, 0) is 57.9 Å². The zero-order valence-corrected chi connectivity index (χ0v) is 15.0. The van der Waals surface area contributed by atoms with Crippen molar-refractivity contribution in [2.75, 3.05) is 0 Å². The second kappa shape index (κ2) is 5.64. The lowest BCUT2D eigenvalue weighted by atomic mass is 10.0. The normalized spacial score (nSPS) is 21.6. The molecular weight excluding hydrogens is 308 g/mol. The van der Waals surface area contributed by atoms with Crippen LogP contribution in [0.25, 0.3) is 15.8 Å². The van der Waals surface area contributed by atoms with Gasteiger partial charge in [-0.25, -0.2) is 9.78 Å². The summed E-state index contributed by atoms with van der Waals surface area (Å²) in [6.07, 6.45) is 3.70. The van der Waals surface area contributed by atoms with E-state index in [1.54, 1.807) is 16.2 Å². The molecule has 3 heterocycles. The van der Waals surface area contributed by atoms with E-state index in [0.717, 1.165) is 10.2 Å². The van der Waals surface area contributed by atoms with Crippen molar-refractivity contribution in [3.63, 3.8) is 0 Å². The molecule has 2 unspecified atom stereocenters. The first-order chi connectivity index (χ1) is 10.8. The van der Waals surface area contributed by atoms with Gasteiger partial charge in [0.1, 0.15) is 10.4 Å². The summed E-state index contributed by atoms with van der Waals surface area (Å²) in [6, 6.07) is 4.04. The molecule has 0 spiro atoms. The molecule has 0 aromatic carbocycles. The van der Waals surface area contributed by atoms with Crippen LogP contribution in [-0.2, 0) is 4.74 Å². The van der Waals surface area contributed by atoms with E-state index in [1.165, 1.54) is 11.1 Å². The number of carbonyl (C=O) groups excluding carboxylic acids is 1. The maximum absolute atomic E-state index is 12.5. The molecule has 1 amide bonds. The van der Waals surface area contributed by atoms with Crippen LogP contribution in [0.5, 0.6) is 0 Å². The van der Waals surface area contributed by atoms with Crippen LogP contribution < -0.4 is 0 Å². The third-order valence-electron chi connectivity index (χ3n) is 3.99. The Balaban J connectivity index is 1.91. The van der Waals surface area contributed by atoms with Crippen molar-refractivity contribution in [1.29, 1.82) is 0 Å². The Labute approximate surface area is 140 Å². The van der Waals surface area contributed by atoms with E-state index in [4.69, 9.17) is 4.74 Å². The van der Waals surface area contributed by atoms with E-state index in [-0.39, 0.29) is 18.2 Å². The molecule has 4 nitrogen and oxygen atoms in total. The zero-order chi connectivity index (χ0) is 16.8. The topological polar surface area (TPSA) is 42.4 Å². The Bertz CT molecular complexity index is 773. The Morgan fingerprint density at radius 3 is 2.78 bits per heavy atom. The Hall–Kier alpha value is -1.88. The molecule has 0 N–H and O–H groups in total. The van der Waals surface area contributed by atoms with E-state index in [1.807, 2.05) is 40.0 Å². The Morgan fingerprint density at radius 2 is 2.09 bits per heavy atom. The minimum absolute atomic E-state index is 0.0153. The van der Waals surface area contributed by atoms with Crippen LogP contribution in [0.2, 0.25) is 0 Å². The molecule has 0 aliphatic carbocycles. The fourth-order valence-corrected chi connectivity index (χ4v) is 3.95. The van der Waals surface area contributed by atoms with Crippen LogP contribution >= 0.6 is 11.3 Å². The predicted octanol–water partition coefficient (Wildman–Crippen LogP) is 4.71. The average molecular weight is 330 g/mol. The molecule has 2 aromatic heterocycles. The average Bonchev–Trinajstić information content (AvgIpc) is 2.98. The van der Waals surface area contributed by atoms with Crippen molar-refractivity contribution in [2.45, 2.75) is 52.3 Å². The van der Waals surface area contributed by atoms with Crippen LogP contribution in [0.1, 0.15) is 40.2 Å². The van der Waals surface area contributed by atoms with E-state index >= 15 is 0 Å². The number of pyridine rings is 1. The summed E-state index contributed by atoms with van der Waals surface area (Å²) in [6.45, 7) is 9.76. The van der Waals surface area contributed by atoms with Gasteiger partial charge in [0.25, 0.3) is 0 Å². The van der Waals surface area contributed by atoms with Gasteiger partial charge in [-0.2, -0.15) is 0 Å². The van der Waals surface area contributed by atoms with Crippen molar-refractivity contribution >= 4 is 33.2 Å². The van der Waals surface area contributed by atoms with Crippen LogP contribution in [0.15, 0.2) is 29.8 Å². The maximum Gasteiger partial charge on any atom is 0.411 e. The molecule has 0 fully saturated rings. The molecule has 1 aliphatic rings. The van der Waals surface area contributed by atoms with Gasteiger partial charge >= 0.3 is 6.09 Å². The molecule has 122 valence electrons. The van der Waals surface area contributed by atoms with Crippen LogP contribution in [0, 0.1) is 0 Å². The number of aromatic nitrogens is 1. The van der Waals surface area contributed by atoms with Crippen molar-refractivity contribution in [2.24, 2.45) is 0 Å². The smallest absolute Gasteiger partial charge is 0.411 e. The lowest BCUT2D eigenvalue weighted by Gasteiger charge is -2.30. The summed E-state index contributed by atoms with van der Waals surface area (Å²) in [5.41, 5.74) is 1.85. The van der Waals surface area contributed by atoms with Gasteiger partial charge < -0.3 is 4.74 Å². The first kappa shape index (κ1) is 16.0. The van der Waals surface area contributed by atoms with Gasteiger partial charge in [-0.3, -0.25) is 4.90 Å². The number of hydrogen-bond acceptors (Lipinski definition) is 4. The monoisotopic (exact) mass is 330 g/mol. The maximum atomic E-state index is 12.5. The highest BCUT2D eigenvalue weighted by atomic mass is 32.1. The number of rotatable bonds is 1. The van der Waals surface area contributed by atoms with Gasteiger partial charge in [0.2, 0.25) is 0 Å². The largest absolute Gasteiger partial charge is 0.444 e. The Morgan fingerprint density at radius 1 is 1.35 bits per heavy atom. The standard InChI is InChI=1S/C18H22N2O2S/c1-11-9-14(12(2)20(11)17(21)22-18(3,4)5)15-10-23-16-13(15)7-6-8-19-16/h6-12H,1-5H3. The van der Waals surface area contributed by atoms with Gasteiger partial charge in [0.15, 0.2) is 0 Å². The molecule has 0 bridgehead atoms. The van der Waals surface area contributed by atoms with Gasteiger partial charge in [-0.15, -0.1) is 11.3 Å². The molecule has 1 aliphatic heterocycles. The quantitative estimate of drug-likeness (QED) is 0.760. The number of carbonyl (C=O) groups is 1. The molecule has 2 aromatic rings. The molecular formula is C18H22N2O2S. The number of fused-ring (bicyclic) bond motifs is 1. The lowest BCUT2D eigenvalue weighted by Crippen LogP contribution is -2.43. The highest BCUT2D eigenvalue weighted by molar-refractivity contribution is 7.17. The molecule has 0 saturated heterocycles. The lowest BCUT2D eigenvalue weighted by molar-refractivity contribution is 0.0198. The van der Waals surface area contributed by atoms with Crippen molar-refractivity contribution in [3.8, 4) is 0 Å². The highest BCUT2D eigenvalue weighted by Gasteiger charge is 2.36. The summed E-state index contributed by atoms with van der Waals surface area (Å²) in [4.78, 5) is 19.8. The zero-order valence-electron chi connectivity index (χ0n) is 14.2. The van der Waals surface area contributed by atoms with Crippen molar-refractivity contribution < 1.29 is 9.53 Å². The third kappa shape index (κ3) is 2.98. The first-order valence-corrected chi connectivity index (χ1v) is 8.71. The van der Waals surface area contributed by atoms with Crippen LogP contribution in [0.3, 0.4) is 0 Å². The number of hydrogen-bond donors (Lipinski definition) is 0. The minimum atomic E-state index is -0.488. The molecule has 2 atom stereocenters. The summed E-state index contributed by atoms with van der Waals surface area (Å²) >= 11 is 1.64. The van der Waals surface area contributed by atoms with Gasteiger partial charge in [-0.1, -0.05) is 6.08 Å². The summed E-state index contributed by atoms with van der Waals surface area (Å²) in [7, 11) is 0. The van der Waals surface area contributed by atoms with E-state index < -0.39 is 5.60 Å². The third-order valence-corrected chi connectivity index (χ3v) is 4.89. The summed E-state index contributed by atoms with van der Waals surface area (Å²) in [5.74, 6) is 0. The highest BCUT2D eigenvalue weighted by Crippen LogP contribution is 2.37. The number of thiophene rings is 1. The second-order valence-corrected chi connectivity index (χ2v) is 7.79. The fourth-order valence-electron chi connectivity index (χ4n) is 3.03.